The van der Waals surface area contributed by atoms with Gasteiger partial charge in [0, 0.05) is 34.5 Å². The molecule has 174 valence electrons. The van der Waals surface area contributed by atoms with Crippen molar-refractivity contribution in [2.45, 2.75) is 56.3 Å². The minimum absolute atomic E-state index is 0.0903. The summed E-state index contributed by atoms with van der Waals surface area (Å²) in [5.74, 6) is 0.487. The third kappa shape index (κ3) is 4.89. The monoisotopic (exact) mass is 476 g/mol. The lowest BCUT2D eigenvalue weighted by atomic mass is 10.1. The molecule has 2 aliphatic rings. The molecule has 1 aromatic carbocycles. The number of amides is 1. The van der Waals surface area contributed by atoms with E-state index >= 15 is 0 Å². The normalized spacial score (nSPS) is 22.7. The van der Waals surface area contributed by atoms with Crippen LogP contribution in [0.15, 0.2) is 29.2 Å². The van der Waals surface area contributed by atoms with Crippen molar-refractivity contribution in [3.05, 3.63) is 41.2 Å². The van der Waals surface area contributed by atoms with Crippen LogP contribution in [-0.2, 0) is 21.2 Å². The Morgan fingerprint density at radius 1 is 1.25 bits per heavy atom. The van der Waals surface area contributed by atoms with Crippen LogP contribution in [0.5, 0.6) is 0 Å². The van der Waals surface area contributed by atoms with Crippen molar-refractivity contribution in [3.63, 3.8) is 0 Å². The van der Waals surface area contributed by atoms with Crippen molar-refractivity contribution in [1.82, 2.24) is 14.7 Å². The molecule has 0 spiro atoms. The van der Waals surface area contributed by atoms with Gasteiger partial charge in [-0.1, -0.05) is 19.1 Å². The van der Waals surface area contributed by atoms with Gasteiger partial charge in [0.05, 0.1) is 35.5 Å². The third-order valence-electron chi connectivity index (χ3n) is 6.41. The molecule has 9 heteroatoms. The first-order chi connectivity index (χ1) is 15.1. The number of hydrogen-bond acceptors (Lipinski definition) is 6. The average molecular weight is 477 g/mol. The lowest BCUT2D eigenvalue weighted by Crippen LogP contribution is -2.39. The lowest BCUT2D eigenvalue weighted by molar-refractivity contribution is -0.119. The van der Waals surface area contributed by atoms with E-state index < -0.39 is 9.84 Å². The van der Waals surface area contributed by atoms with Crippen molar-refractivity contribution in [1.29, 1.82) is 0 Å². The number of aryl methyl sites for hydroxylation is 1. The molecule has 0 bridgehead atoms. The van der Waals surface area contributed by atoms with Gasteiger partial charge < -0.3 is 4.90 Å². The fraction of sp³-hybridized carbons (Fsp3) is 0.565. The zero-order chi connectivity index (χ0) is 23.0. The van der Waals surface area contributed by atoms with Crippen molar-refractivity contribution in [2.24, 2.45) is 0 Å². The quantitative estimate of drug-likeness (QED) is 0.660. The molecule has 1 aromatic heterocycles. The van der Waals surface area contributed by atoms with Crippen molar-refractivity contribution in [3.8, 4) is 0 Å². The van der Waals surface area contributed by atoms with E-state index in [-0.39, 0.29) is 23.5 Å². The minimum Gasteiger partial charge on any atom is -0.310 e. The molecule has 2 aliphatic heterocycles. The molecule has 32 heavy (non-hydrogen) atoms. The molecule has 1 amide bonds. The molecule has 7 nitrogen and oxygen atoms in total. The number of anilines is 1. The Morgan fingerprint density at radius 3 is 2.72 bits per heavy atom. The van der Waals surface area contributed by atoms with Crippen LogP contribution in [0.4, 0.5) is 5.69 Å². The summed E-state index contributed by atoms with van der Waals surface area (Å²) in [5, 5.41) is 5.13. The number of para-hydroxylation sites is 1. The predicted molar refractivity (Wildman–Crippen MR) is 129 cm³/mol. The maximum absolute atomic E-state index is 13.3. The van der Waals surface area contributed by atoms with Crippen LogP contribution in [0, 0.1) is 13.8 Å². The Labute approximate surface area is 195 Å². The SMILES string of the molecule is Cc1nn([C@H]2CCS(=O)(=O)C2)c(C)c1CN(C)CC(=O)N1CC[C@@H](C)Sc2ccccc21. The Bertz CT molecular complexity index is 1110. The molecule has 0 saturated carbocycles. The molecule has 1 fully saturated rings. The molecule has 2 atom stereocenters. The Hall–Kier alpha value is -1.84. The van der Waals surface area contributed by atoms with E-state index in [1.54, 1.807) is 0 Å². The maximum atomic E-state index is 13.3. The molecular formula is C23H32N4O3S2. The standard InChI is InChI=1S/C23H32N4O3S2/c1-16-9-11-26(21-7-5-6-8-22(21)31-16)23(28)14-25(4)13-20-17(2)24-27(18(20)3)19-10-12-32(29,30)15-19/h5-8,16,19H,9-15H2,1-4H3/t16-,19+/m1/s1. The number of aromatic nitrogens is 2. The third-order valence-corrected chi connectivity index (χ3v) is 9.39. The van der Waals surface area contributed by atoms with Gasteiger partial charge in [-0.3, -0.25) is 14.4 Å². The second-order valence-corrected chi connectivity index (χ2v) is 12.8. The van der Waals surface area contributed by atoms with Gasteiger partial charge in [0.1, 0.15) is 0 Å². The molecule has 0 unspecified atom stereocenters. The first kappa shape index (κ1) is 23.3. The van der Waals surface area contributed by atoms with Crippen LogP contribution in [0.3, 0.4) is 0 Å². The predicted octanol–water partition coefficient (Wildman–Crippen LogP) is 3.21. The van der Waals surface area contributed by atoms with Gasteiger partial charge in [0.2, 0.25) is 5.91 Å². The zero-order valence-corrected chi connectivity index (χ0v) is 20.9. The first-order valence-corrected chi connectivity index (χ1v) is 13.8. The van der Waals surface area contributed by atoms with E-state index in [9.17, 15) is 13.2 Å². The van der Waals surface area contributed by atoms with E-state index in [2.05, 4.69) is 18.1 Å². The van der Waals surface area contributed by atoms with Crippen molar-refractivity contribution < 1.29 is 13.2 Å². The van der Waals surface area contributed by atoms with Crippen molar-refractivity contribution >= 4 is 33.2 Å². The number of hydrogen-bond donors (Lipinski definition) is 0. The Kier molecular flexibility index (Phi) is 6.70. The minimum atomic E-state index is -2.97. The number of likely N-dealkylation sites (N-methyl/N-ethyl adjacent to an activating group) is 1. The molecular weight excluding hydrogens is 444 g/mol. The summed E-state index contributed by atoms with van der Waals surface area (Å²) < 4.78 is 25.7. The topological polar surface area (TPSA) is 75.5 Å². The van der Waals surface area contributed by atoms with Crippen LogP contribution in [0.2, 0.25) is 0 Å². The molecule has 3 heterocycles. The van der Waals surface area contributed by atoms with Crippen LogP contribution in [0.25, 0.3) is 0 Å². The van der Waals surface area contributed by atoms with Gasteiger partial charge >= 0.3 is 0 Å². The number of fused-ring (bicyclic) bond motifs is 1. The van der Waals surface area contributed by atoms with Gasteiger partial charge in [0.15, 0.2) is 9.84 Å². The van der Waals surface area contributed by atoms with E-state index in [4.69, 9.17) is 0 Å². The summed E-state index contributed by atoms with van der Waals surface area (Å²) in [4.78, 5) is 18.4. The van der Waals surface area contributed by atoms with Crippen LogP contribution >= 0.6 is 11.8 Å². The lowest BCUT2D eigenvalue weighted by Gasteiger charge is -2.25. The Morgan fingerprint density at radius 2 is 2.00 bits per heavy atom. The van der Waals surface area contributed by atoms with Crippen molar-refractivity contribution in [2.75, 3.05) is 36.5 Å². The second kappa shape index (κ2) is 9.19. The summed E-state index contributed by atoms with van der Waals surface area (Å²) in [5.41, 5.74) is 3.97. The summed E-state index contributed by atoms with van der Waals surface area (Å²) in [6, 6.07) is 8.05. The van der Waals surface area contributed by atoms with E-state index in [1.165, 1.54) is 0 Å². The number of thioether (sulfide) groups is 1. The number of rotatable bonds is 5. The van der Waals surface area contributed by atoms with E-state index in [0.29, 0.717) is 24.8 Å². The number of carbonyl (C=O) groups excluding carboxylic acids is 1. The Balaban J connectivity index is 1.46. The molecule has 0 aliphatic carbocycles. The summed E-state index contributed by atoms with van der Waals surface area (Å²) in [7, 11) is -1.02. The highest BCUT2D eigenvalue weighted by molar-refractivity contribution is 8.00. The maximum Gasteiger partial charge on any atom is 0.241 e. The van der Waals surface area contributed by atoms with Gasteiger partial charge in [-0.25, -0.2) is 8.42 Å². The van der Waals surface area contributed by atoms with Gasteiger partial charge in [0.25, 0.3) is 0 Å². The summed E-state index contributed by atoms with van der Waals surface area (Å²) >= 11 is 1.83. The smallest absolute Gasteiger partial charge is 0.241 e. The molecule has 1 saturated heterocycles. The number of benzene rings is 1. The number of nitrogens with zero attached hydrogens (tertiary/aromatic N) is 4. The van der Waals surface area contributed by atoms with Gasteiger partial charge in [-0.05, 0) is 45.9 Å². The molecule has 0 N–H and O–H groups in total. The fourth-order valence-corrected chi connectivity index (χ4v) is 7.44. The zero-order valence-electron chi connectivity index (χ0n) is 19.2. The largest absolute Gasteiger partial charge is 0.310 e. The highest BCUT2D eigenvalue weighted by Crippen LogP contribution is 2.37. The van der Waals surface area contributed by atoms with Gasteiger partial charge in [-0.2, -0.15) is 5.10 Å². The molecule has 4 rings (SSSR count). The van der Waals surface area contributed by atoms with E-state index in [1.807, 2.05) is 65.3 Å². The second-order valence-electron chi connectivity index (χ2n) is 9.05. The fourth-order valence-electron chi connectivity index (χ4n) is 4.64. The van der Waals surface area contributed by atoms with Crippen LogP contribution in [-0.4, -0.2) is 65.9 Å². The van der Waals surface area contributed by atoms with Crippen LogP contribution in [0.1, 0.15) is 42.8 Å². The number of sulfone groups is 1. The highest BCUT2D eigenvalue weighted by Gasteiger charge is 2.32. The summed E-state index contributed by atoms with van der Waals surface area (Å²) in [6.07, 6.45) is 1.58. The number of carbonyl (C=O) groups is 1. The average Bonchev–Trinajstić information content (AvgIpc) is 3.15. The van der Waals surface area contributed by atoms with E-state index in [0.717, 1.165) is 40.5 Å². The van der Waals surface area contributed by atoms with Gasteiger partial charge in [-0.15, -0.1) is 11.8 Å². The highest BCUT2D eigenvalue weighted by atomic mass is 32.2. The van der Waals surface area contributed by atoms with Crippen LogP contribution < -0.4 is 4.90 Å². The molecule has 2 aromatic rings. The first-order valence-electron chi connectivity index (χ1n) is 11.1. The molecule has 0 radical (unpaired) electrons. The summed E-state index contributed by atoms with van der Waals surface area (Å²) in [6.45, 7) is 7.81.